The van der Waals surface area contributed by atoms with Gasteiger partial charge in [0.2, 0.25) is 5.91 Å². The summed E-state index contributed by atoms with van der Waals surface area (Å²) in [4.78, 5) is 37.7. The number of phenolic OH excluding ortho intramolecular Hbond substituents is 1. The molecule has 5 N–H and O–H groups in total. The maximum atomic E-state index is 12.5. The van der Waals surface area contributed by atoms with Gasteiger partial charge in [-0.1, -0.05) is 12.1 Å². The van der Waals surface area contributed by atoms with Gasteiger partial charge < -0.3 is 26.0 Å². The Morgan fingerprint density at radius 2 is 2.07 bits per heavy atom. The number of fused-ring (bicyclic) bond motifs is 1. The van der Waals surface area contributed by atoms with Crippen molar-refractivity contribution in [1.82, 2.24) is 10.2 Å². The quantitative estimate of drug-likeness (QED) is 0.486. The number of hydrogen-bond acceptors (Lipinski definition) is 7. The van der Waals surface area contributed by atoms with Crippen molar-refractivity contribution in [2.24, 2.45) is 5.73 Å². The van der Waals surface area contributed by atoms with Gasteiger partial charge in [0.25, 0.3) is 5.91 Å². The number of benzene rings is 1. The number of aromatic hydroxyl groups is 1. The molecular weight excluding hydrogens is 374 g/mol. The van der Waals surface area contributed by atoms with Gasteiger partial charge in [0.05, 0.1) is 6.61 Å². The Morgan fingerprint density at radius 3 is 2.67 bits per heavy atom. The average molecular weight is 393 g/mol. The predicted octanol–water partition coefficient (Wildman–Crippen LogP) is -0.223. The molecule has 0 radical (unpaired) electrons. The lowest BCUT2D eigenvalue weighted by molar-refractivity contribution is -0.151. The SMILES string of the molecule is COCC1=C(C(=O)O)N2C(=O)[C@@H](NC(=O)[C@H](N)c3ccc(O)cc3)[C@H]2SC1. The van der Waals surface area contributed by atoms with E-state index in [0.717, 1.165) is 0 Å². The summed E-state index contributed by atoms with van der Waals surface area (Å²) in [6.45, 7) is 0.119. The molecule has 27 heavy (non-hydrogen) atoms. The molecule has 3 atom stereocenters. The number of rotatable bonds is 6. The maximum absolute atomic E-state index is 12.5. The third-order valence-corrected chi connectivity index (χ3v) is 5.74. The molecular formula is C17H19N3O6S. The number of methoxy groups -OCH3 is 1. The van der Waals surface area contributed by atoms with Crippen molar-refractivity contribution in [3.8, 4) is 5.75 Å². The smallest absolute Gasteiger partial charge is 0.352 e. The van der Waals surface area contributed by atoms with Crippen LogP contribution in [-0.2, 0) is 19.1 Å². The van der Waals surface area contributed by atoms with Crippen LogP contribution >= 0.6 is 11.8 Å². The number of nitrogens with two attached hydrogens (primary N) is 1. The van der Waals surface area contributed by atoms with Gasteiger partial charge in [0, 0.05) is 12.9 Å². The normalized spacial score (nSPS) is 22.7. The van der Waals surface area contributed by atoms with Crippen LogP contribution in [0.3, 0.4) is 0 Å². The number of aliphatic carboxylic acids is 1. The lowest BCUT2D eigenvalue weighted by Crippen LogP contribution is -2.71. The minimum Gasteiger partial charge on any atom is -0.508 e. The van der Waals surface area contributed by atoms with Crippen LogP contribution in [0.5, 0.6) is 5.75 Å². The number of amides is 2. The number of nitrogens with zero attached hydrogens (tertiary/aromatic N) is 1. The summed E-state index contributed by atoms with van der Waals surface area (Å²) in [5.41, 5.74) is 6.84. The standard InChI is InChI=1S/C17H19N3O6S/c1-26-6-9-7-27-16-12(15(23)20(16)13(9)17(24)25)19-14(22)11(18)8-2-4-10(21)5-3-8/h2-5,11-12,16,21H,6-7,18H2,1H3,(H,19,22)(H,24,25)/t11-,12-,16-/m1/s1. The number of hydrogen-bond donors (Lipinski definition) is 4. The van der Waals surface area contributed by atoms with Crippen LogP contribution in [0.25, 0.3) is 0 Å². The molecule has 0 spiro atoms. The molecule has 0 saturated carbocycles. The van der Waals surface area contributed by atoms with Crippen LogP contribution in [0.1, 0.15) is 11.6 Å². The molecule has 10 heteroatoms. The fraction of sp³-hybridized carbons (Fsp3) is 0.353. The zero-order valence-electron chi connectivity index (χ0n) is 14.4. The Bertz CT molecular complexity index is 809. The van der Waals surface area contributed by atoms with Gasteiger partial charge in [-0.25, -0.2) is 4.79 Å². The van der Waals surface area contributed by atoms with E-state index in [1.54, 1.807) is 0 Å². The molecule has 3 rings (SSSR count). The van der Waals surface area contributed by atoms with Crippen molar-refractivity contribution in [2.75, 3.05) is 19.5 Å². The lowest BCUT2D eigenvalue weighted by Gasteiger charge is -2.49. The summed E-state index contributed by atoms with van der Waals surface area (Å²) in [6, 6.07) is 4.01. The first-order valence-electron chi connectivity index (χ1n) is 8.09. The second-order valence-electron chi connectivity index (χ2n) is 6.16. The summed E-state index contributed by atoms with van der Waals surface area (Å²) in [7, 11) is 1.45. The molecule has 2 heterocycles. The van der Waals surface area contributed by atoms with Gasteiger partial charge in [-0.15, -0.1) is 11.8 Å². The van der Waals surface area contributed by atoms with E-state index in [1.165, 1.54) is 48.0 Å². The fourth-order valence-corrected chi connectivity index (χ4v) is 4.37. The zero-order chi connectivity index (χ0) is 19.7. The minimum absolute atomic E-state index is 0.0506. The molecule has 0 bridgehead atoms. The highest BCUT2D eigenvalue weighted by molar-refractivity contribution is 8.00. The Morgan fingerprint density at radius 1 is 1.41 bits per heavy atom. The molecule has 0 aliphatic carbocycles. The number of carbonyl (C=O) groups excluding carboxylic acids is 2. The summed E-state index contributed by atoms with van der Waals surface area (Å²) < 4.78 is 5.01. The van der Waals surface area contributed by atoms with E-state index >= 15 is 0 Å². The van der Waals surface area contributed by atoms with Crippen LogP contribution in [0, 0.1) is 0 Å². The molecule has 1 aromatic carbocycles. The fourth-order valence-electron chi connectivity index (χ4n) is 3.04. The minimum atomic E-state index is -1.20. The molecule has 2 aliphatic rings. The van der Waals surface area contributed by atoms with E-state index in [-0.39, 0.29) is 18.1 Å². The maximum Gasteiger partial charge on any atom is 0.352 e. The molecule has 1 aromatic rings. The van der Waals surface area contributed by atoms with Gasteiger partial charge in [-0.2, -0.15) is 0 Å². The van der Waals surface area contributed by atoms with E-state index in [4.69, 9.17) is 10.5 Å². The van der Waals surface area contributed by atoms with Crippen LogP contribution < -0.4 is 11.1 Å². The van der Waals surface area contributed by atoms with Crippen molar-refractivity contribution in [3.63, 3.8) is 0 Å². The summed E-state index contributed by atoms with van der Waals surface area (Å²) >= 11 is 1.36. The van der Waals surface area contributed by atoms with Crippen molar-refractivity contribution in [3.05, 3.63) is 41.1 Å². The summed E-state index contributed by atoms with van der Waals surface area (Å²) in [5, 5.41) is 20.9. The third kappa shape index (κ3) is 3.51. The first-order valence-corrected chi connectivity index (χ1v) is 9.13. The van der Waals surface area contributed by atoms with E-state index < -0.39 is 35.2 Å². The monoisotopic (exact) mass is 393 g/mol. The second kappa shape index (κ2) is 7.59. The molecule has 1 fully saturated rings. The first-order chi connectivity index (χ1) is 12.8. The van der Waals surface area contributed by atoms with Crippen molar-refractivity contribution in [2.45, 2.75) is 17.5 Å². The van der Waals surface area contributed by atoms with Crippen molar-refractivity contribution < 1.29 is 29.3 Å². The zero-order valence-corrected chi connectivity index (χ0v) is 15.2. The molecule has 144 valence electrons. The number of phenols is 1. The van der Waals surface area contributed by atoms with Crippen LogP contribution in [0.4, 0.5) is 0 Å². The van der Waals surface area contributed by atoms with E-state index in [0.29, 0.717) is 16.9 Å². The summed E-state index contributed by atoms with van der Waals surface area (Å²) in [6.07, 6.45) is 0. The number of nitrogens with one attached hydrogen (secondary N) is 1. The Kier molecular flexibility index (Phi) is 5.40. The Balaban J connectivity index is 1.72. The van der Waals surface area contributed by atoms with Crippen LogP contribution in [0.15, 0.2) is 35.5 Å². The van der Waals surface area contributed by atoms with E-state index in [1.807, 2.05) is 0 Å². The van der Waals surface area contributed by atoms with Gasteiger partial charge >= 0.3 is 5.97 Å². The first kappa shape index (κ1) is 19.2. The molecule has 2 aliphatic heterocycles. The Hall–Kier alpha value is -2.56. The van der Waals surface area contributed by atoms with Gasteiger partial charge in [-0.3, -0.25) is 14.5 Å². The van der Waals surface area contributed by atoms with Gasteiger partial charge in [0.1, 0.15) is 28.9 Å². The number of thioether (sulfide) groups is 1. The van der Waals surface area contributed by atoms with Crippen LogP contribution in [-0.4, -0.2) is 63.8 Å². The molecule has 0 aromatic heterocycles. The van der Waals surface area contributed by atoms with E-state index in [9.17, 15) is 24.6 Å². The Labute approximate surface area is 159 Å². The lowest BCUT2D eigenvalue weighted by atomic mass is 10.0. The number of carboxylic acids is 1. The van der Waals surface area contributed by atoms with Crippen molar-refractivity contribution >= 4 is 29.5 Å². The largest absolute Gasteiger partial charge is 0.508 e. The average Bonchev–Trinajstić information content (AvgIpc) is 2.65. The van der Waals surface area contributed by atoms with Crippen LogP contribution in [0.2, 0.25) is 0 Å². The van der Waals surface area contributed by atoms with Crippen molar-refractivity contribution in [1.29, 1.82) is 0 Å². The highest BCUT2D eigenvalue weighted by Crippen LogP contribution is 2.40. The van der Waals surface area contributed by atoms with Gasteiger partial charge in [-0.05, 0) is 23.3 Å². The third-order valence-electron chi connectivity index (χ3n) is 4.40. The number of carbonyl (C=O) groups is 3. The highest BCUT2D eigenvalue weighted by atomic mass is 32.2. The predicted molar refractivity (Wildman–Crippen MR) is 96.6 cm³/mol. The number of carboxylic acid groups (broad SMARTS) is 1. The number of ether oxygens (including phenoxy) is 1. The number of β-lactam (4-membered cyclic amide) rings is 1. The van der Waals surface area contributed by atoms with E-state index in [2.05, 4.69) is 5.32 Å². The summed E-state index contributed by atoms with van der Waals surface area (Å²) in [5.74, 6) is -1.81. The second-order valence-corrected chi connectivity index (χ2v) is 7.26. The molecule has 0 unspecified atom stereocenters. The molecule has 1 saturated heterocycles. The van der Waals surface area contributed by atoms with Gasteiger partial charge in [0.15, 0.2) is 0 Å². The topological polar surface area (TPSA) is 142 Å². The molecule has 9 nitrogen and oxygen atoms in total. The highest BCUT2D eigenvalue weighted by Gasteiger charge is 2.54. The molecule has 2 amide bonds.